The largest absolute Gasteiger partial charge is 0.385 e. The second-order valence-corrected chi connectivity index (χ2v) is 5.89. The van der Waals surface area contributed by atoms with Crippen LogP contribution in [0.4, 0.5) is 0 Å². The number of hydrogen-bond acceptors (Lipinski definition) is 2. The van der Waals surface area contributed by atoms with Crippen molar-refractivity contribution >= 4 is 10.9 Å². The van der Waals surface area contributed by atoms with Gasteiger partial charge in [-0.3, -0.25) is 4.98 Å². The monoisotopic (exact) mass is 275 g/mol. The minimum Gasteiger partial charge on any atom is -0.385 e. The standard InChI is InChI=1S/C19H17NO/c21-19(10-9-14-5-1-2-7-16(14)12-19)17-11-15-6-3-4-8-18(15)20-13-17/h1-8,11,13,21H,9-10,12H2. The van der Waals surface area contributed by atoms with Crippen molar-refractivity contribution in [3.63, 3.8) is 0 Å². The van der Waals surface area contributed by atoms with Crippen LogP contribution in [0.3, 0.4) is 0 Å². The van der Waals surface area contributed by atoms with Crippen molar-refractivity contribution in [1.29, 1.82) is 0 Å². The van der Waals surface area contributed by atoms with Crippen LogP contribution in [0.5, 0.6) is 0 Å². The van der Waals surface area contributed by atoms with E-state index in [0.29, 0.717) is 6.42 Å². The normalized spacial score (nSPS) is 21.2. The molecule has 21 heavy (non-hydrogen) atoms. The molecule has 0 aliphatic heterocycles. The maximum Gasteiger partial charge on any atom is 0.0955 e. The first-order valence-corrected chi connectivity index (χ1v) is 7.39. The Morgan fingerprint density at radius 1 is 0.952 bits per heavy atom. The van der Waals surface area contributed by atoms with Gasteiger partial charge in [0.05, 0.1) is 11.1 Å². The van der Waals surface area contributed by atoms with Crippen LogP contribution < -0.4 is 0 Å². The smallest absolute Gasteiger partial charge is 0.0955 e. The molecule has 104 valence electrons. The van der Waals surface area contributed by atoms with Gasteiger partial charge >= 0.3 is 0 Å². The fraction of sp³-hybridized carbons (Fsp3) is 0.211. The number of nitrogens with zero attached hydrogens (tertiary/aromatic N) is 1. The highest BCUT2D eigenvalue weighted by atomic mass is 16.3. The molecule has 0 fully saturated rings. The van der Waals surface area contributed by atoms with Gasteiger partial charge in [0.25, 0.3) is 0 Å². The minimum atomic E-state index is -0.800. The predicted molar refractivity (Wildman–Crippen MR) is 84.1 cm³/mol. The first-order chi connectivity index (χ1) is 10.2. The zero-order valence-electron chi connectivity index (χ0n) is 11.8. The molecule has 1 aliphatic rings. The second kappa shape index (κ2) is 4.68. The fourth-order valence-electron chi connectivity index (χ4n) is 3.29. The average Bonchev–Trinajstić information content (AvgIpc) is 2.54. The van der Waals surface area contributed by atoms with E-state index >= 15 is 0 Å². The van der Waals surface area contributed by atoms with Gasteiger partial charge in [-0.1, -0.05) is 42.5 Å². The van der Waals surface area contributed by atoms with Crippen molar-refractivity contribution in [2.45, 2.75) is 24.9 Å². The van der Waals surface area contributed by atoms with Crippen molar-refractivity contribution in [3.05, 3.63) is 77.5 Å². The highest BCUT2D eigenvalue weighted by Gasteiger charge is 2.34. The summed E-state index contributed by atoms with van der Waals surface area (Å²) in [5.41, 5.74) is 3.71. The van der Waals surface area contributed by atoms with E-state index < -0.39 is 5.60 Å². The molecule has 0 amide bonds. The van der Waals surface area contributed by atoms with E-state index in [1.807, 2.05) is 36.5 Å². The Kier molecular flexibility index (Phi) is 2.79. The number of para-hydroxylation sites is 1. The zero-order valence-corrected chi connectivity index (χ0v) is 11.8. The summed E-state index contributed by atoms with van der Waals surface area (Å²) in [6.45, 7) is 0. The van der Waals surface area contributed by atoms with Crippen molar-refractivity contribution in [2.75, 3.05) is 0 Å². The van der Waals surface area contributed by atoms with E-state index in [2.05, 4.69) is 29.2 Å². The van der Waals surface area contributed by atoms with Gasteiger partial charge in [-0.05, 0) is 36.1 Å². The number of aliphatic hydroxyl groups is 1. The predicted octanol–water partition coefficient (Wildman–Crippen LogP) is 3.61. The number of rotatable bonds is 1. The lowest BCUT2D eigenvalue weighted by molar-refractivity contribution is 0.0221. The quantitative estimate of drug-likeness (QED) is 0.736. The number of hydrogen-bond donors (Lipinski definition) is 1. The first kappa shape index (κ1) is 12.5. The van der Waals surface area contributed by atoms with Crippen LogP contribution in [0.25, 0.3) is 10.9 Å². The molecule has 2 nitrogen and oxygen atoms in total. The van der Waals surface area contributed by atoms with Gasteiger partial charge in [-0.15, -0.1) is 0 Å². The van der Waals surface area contributed by atoms with Crippen molar-refractivity contribution < 1.29 is 5.11 Å². The van der Waals surface area contributed by atoms with Gasteiger partial charge in [0.1, 0.15) is 0 Å². The fourth-order valence-corrected chi connectivity index (χ4v) is 3.29. The molecule has 1 aromatic heterocycles. The zero-order chi connectivity index (χ0) is 14.3. The molecule has 0 radical (unpaired) electrons. The Hall–Kier alpha value is -2.19. The van der Waals surface area contributed by atoms with Crippen molar-refractivity contribution in [1.82, 2.24) is 4.98 Å². The highest BCUT2D eigenvalue weighted by Crippen LogP contribution is 2.36. The van der Waals surface area contributed by atoms with Gasteiger partial charge in [0.15, 0.2) is 0 Å². The third-order valence-corrected chi connectivity index (χ3v) is 4.54. The molecule has 0 bridgehead atoms. The van der Waals surface area contributed by atoms with Gasteiger partial charge in [-0.25, -0.2) is 0 Å². The number of benzene rings is 2. The second-order valence-electron chi connectivity index (χ2n) is 5.89. The van der Waals surface area contributed by atoms with E-state index in [4.69, 9.17) is 0 Å². The maximum absolute atomic E-state index is 11.1. The minimum absolute atomic E-state index is 0.670. The Labute approximate surface area is 124 Å². The molecule has 1 aliphatic carbocycles. The lowest BCUT2D eigenvalue weighted by Gasteiger charge is -2.34. The number of fused-ring (bicyclic) bond motifs is 2. The maximum atomic E-state index is 11.1. The van der Waals surface area contributed by atoms with Gasteiger partial charge in [-0.2, -0.15) is 0 Å². The van der Waals surface area contributed by atoms with Crippen molar-refractivity contribution in [3.8, 4) is 0 Å². The Morgan fingerprint density at radius 2 is 1.71 bits per heavy atom. The Balaban J connectivity index is 1.77. The van der Waals surface area contributed by atoms with Gasteiger partial charge in [0.2, 0.25) is 0 Å². The van der Waals surface area contributed by atoms with Crippen LogP contribution in [-0.2, 0) is 18.4 Å². The summed E-state index contributed by atoms with van der Waals surface area (Å²) in [6, 6.07) is 18.5. The van der Waals surface area contributed by atoms with Crippen LogP contribution in [0.15, 0.2) is 60.8 Å². The molecule has 1 heterocycles. The summed E-state index contributed by atoms with van der Waals surface area (Å²) < 4.78 is 0. The molecule has 2 aromatic carbocycles. The number of aryl methyl sites for hydroxylation is 1. The number of aromatic nitrogens is 1. The molecule has 1 unspecified atom stereocenters. The lowest BCUT2D eigenvalue weighted by Crippen LogP contribution is -2.33. The van der Waals surface area contributed by atoms with E-state index in [0.717, 1.165) is 29.3 Å². The van der Waals surface area contributed by atoms with Crippen molar-refractivity contribution in [2.24, 2.45) is 0 Å². The molecule has 2 heteroatoms. The molecule has 0 saturated heterocycles. The van der Waals surface area contributed by atoms with Crippen LogP contribution in [0.2, 0.25) is 0 Å². The molecular formula is C19H17NO. The summed E-state index contributed by atoms with van der Waals surface area (Å²) in [7, 11) is 0. The third-order valence-electron chi connectivity index (χ3n) is 4.54. The van der Waals surface area contributed by atoms with E-state index in [1.165, 1.54) is 11.1 Å². The summed E-state index contributed by atoms with van der Waals surface area (Å²) in [6.07, 6.45) is 4.17. The summed E-state index contributed by atoms with van der Waals surface area (Å²) in [5, 5.41) is 12.2. The van der Waals surface area contributed by atoms with Crippen LogP contribution in [0.1, 0.15) is 23.1 Å². The van der Waals surface area contributed by atoms with Crippen LogP contribution in [0, 0.1) is 0 Å². The summed E-state index contributed by atoms with van der Waals surface area (Å²) in [4.78, 5) is 4.50. The Bertz CT molecular complexity index is 811. The molecule has 0 spiro atoms. The van der Waals surface area contributed by atoms with Gasteiger partial charge in [0, 0.05) is 23.6 Å². The molecule has 3 aromatic rings. The van der Waals surface area contributed by atoms with E-state index in [-0.39, 0.29) is 0 Å². The highest BCUT2D eigenvalue weighted by molar-refractivity contribution is 5.79. The SMILES string of the molecule is OC1(c2cnc3ccccc3c2)CCc2ccccc2C1. The van der Waals surface area contributed by atoms with Gasteiger partial charge < -0.3 is 5.11 Å². The first-order valence-electron chi connectivity index (χ1n) is 7.39. The lowest BCUT2D eigenvalue weighted by atomic mass is 9.77. The molecule has 1 atom stereocenters. The summed E-state index contributed by atoms with van der Waals surface area (Å²) in [5.74, 6) is 0. The molecular weight excluding hydrogens is 258 g/mol. The summed E-state index contributed by atoms with van der Waals surface area (Å²) >= 11 is 0. The Morgan fingerprint density at radius 3 is 2.62 bits per heavy atom. The van der Waals surface area contributed by atoms with E-state index in [9.17, 15) is 5.11 Å². The van der Waals surface area contributed by atoms with E-state index in [1.54, 1.807) is 0 Å². The average molecular weight is 275 g/mol. The molecule has 0 saturated carbocycles. The molecule has 4 rings (SSSR count). The van der Waals surface area contributed by atoms with Crippen LogP contribution in [-0.4, -0.2) is 10.1 Å². The topological polar surface area (TPSA) is 33.1 Å². The van der Waals surface area contributed by atoms with Crippen LogP contribution >= 0.6 is 0 Å². The third kappa shape index (κ3) is 2.12. The molecule has 1 N–H and O–H groups in total. The number of pyridine rings is 1.